The zero-order chi connectivity index (χ0) is 21.8. The van der Waals surface area contributed by atoms with Gasteiger partial charge in [0.1, 0.15) is 0 Å². The van der Waals surface area contributed by atoms with Gasteiger partial charge in [0.05, 0.1) is 0 Å². The molecule has 0 N–H and O–H groups in total. The summed E-state index contributed by atoms with van der Waals surface area (Å²) in [6.07, 6.45) is 23.4. The Labute approximate surface area is 189 Å². The Morgan fingerprint density at radius 3 is 1.47 bits per heavy atom. The Balaban J connectivity index is 1.68. The second kappa shape index (κ2) is 18.9. The second-order valence-corrected chi connectivity index (χ2v) is 10.5. The summed E-state index contributed by atoms with van der Waals surface area (Å²) in [6, 6.07) is 10.9. The molecule has 1 nitrogen and oxygen atoms in total. The molecule has 0 fully saturated rings. The highest BCUT2D eigenvalue weighted by atomic mass is 16.5. The first kappa shape index (κ1) is 27.2. The van der Waals surface area contributed by atoms with Gasteiger partial charge in [-0.1, -0.05) is 128 Å². The lowest BCUT2D eigenvalue weighted by atomic mass is 9.91. The molecule has 1 heteroatoms. The van der Waals surface area contributed by atoms with Gasteiger partial charge in [-0.05, 0) is 43.1 Å². The fourth-order valence-electron chi connectivity index (χ4n) is 4.11. The normalized spacial score (nSPS) is 11.8. The van der Waals surface area contributed by atoms with Crippen molar-refractivity contribution in [1.82, 2.24) is 0 Å². The van der Waals surface area contributed by atoms with Gasteiger partial charge in [-0.15, -0.1) is 0 Å². The molecule has 0 spiro atoms. The van der Waals surface area contributed by atoms with E-state index < -0.39 is 0 Å². The SMILES string of the molecule is CC(C)(C)CCCOCCCCCCCCCCCCCCCCc1ccccc1. The number of aryl methyl sites for hydroxylation is 1. The van der Waals surface area contributed by atoms with Crippen LogP contribution < -0.4 is 0 Å². The molecular formula is C29H52O. The smallest absolute Gasteiger partial charge is 0.0466 e. The van der Waals surface area contributed by atoms with Gasteiger partial charge in [-0.25, -0.2) is 0 Å². The van der Waals surface area contributed by atoms with Crippen LogP contribution in [0.1, 0.15) is 129 Å². The summed E-state index contributed by atoms with van der Waals surface area (Å²) >= 11 is 0. The van der Waals surface area contributed by atoms with Crippen molar-refractivity contribution in [3.05, 3.63) is 35.9 Å². The maximum absolute atomic E-state index is 5.76. The third-order valence-electron chi connectivity index (χ3n) is 6.06. The van der Waals surface area contributed by atoms with Crippen molar-refractivity contribution in [1.29, 1.82) is 0 Å². The fourth-order valence-corrected chi connectivity index (χ4v) is 4.11. The molecule has 0 heterocycles. The molecule has 0 bridgehead atoms. The van der Waals surface area contributed by atoms with Crippen LogP contribution >= 0.6 is 0 Å². The summed E-state index contributed by atoms with van der Waals surface area (Å²) in [7, 11) is 0. The largest absolute Gasteiger partial charge is 0.381 e. The van der Waals surface area contributed by atoms with Crippen LogP contribution in [0.15, 0.2) is 30.3 Å². The van der Waals surface area contributed by atoms with E-state index in [1.54, 1.807) is 0 Å². The predicted octanol–water partition coefficient (Wildman–Crippen LogP) is 9.53. The summed E-state index contributed by atoms with van der Waals surface area (Å²) in [6.45, 7) is 8.84. The van der Waals surface area contributed by atoms with E-state index >= 15 is 0 Å². The first-order chi connectivity index (χ1) is 14.6. The van der Waals surface area contributed by atoms with Crippen molar-refractivity contribution in [3.8, 4) is 0 Å². The van der Waals surface area contributed by atoms with Crippen molar-refractivity contribution in [2.45, 2.75) is 130 Å². The van der Waals surface area contributed by atoms with Crippen molar-refractivity contribution < 1.29 is 4.74 Å². The van der Waals surface area contributed by atoms with E-state index in [-0.39, 0.29) is 0 Å². The van der Waals surface area contributed by atoms with E-state index in [1.165, 1.54) is 115 Å². The molecule has 174 valence electrons. The van der Waals surface area contributed by atoms with Gasteiger partial charge in [0.25, 0.3) is 0 Å². The highest BCUT2D eigenvalue weighted by Crippen LogP contribution is 2.20. The molecule has 0 amide bonds. The van der Waals surface area contributed by atoms with E-state index in [0.717, 1.165) is 13.2 Å². The average Bonchev–Trinajstić information content (AvgIpc) is 2.72. The van der Waals surface area contributed by atoms with Crippen LogP contribution in [0.25, 0.3) is 0 Å². The molecule has 1 aromatic rings. The number of ether oxygens (including phenoxy) is 1. The summed E-state index contributed by atoms with van der Waals surface area (Å²) in [5, 5.41) is 0. The van der Waals surface area contributed by atoms with Gasteiger partial charge in [-0.3, -0.25) is 0 Å². The van der Waals surface area contributed by atoms with Gasteiger partial charge >= 0.3 is 0 Å². The molecular weight excluding hydrogens is 364 g/mol. The number of unbranched alkanes of at least 4 members (excludes halogenated alkanes) is 13. The zero-order valence-electron chi connectivity index (χ0n) is 20.7. The van der Waals surface area contributed by atoms with E-state index in [2.05, 4.69) is 51.1 Å². The standard InChI is InChI=1S/C29H52O/c1-29(2,3)25-21-27-30-26-20-15-13-11-9-7-5-4-6-8-10-12-14-17-22-28-23-18-16-19-24-28/h16,18-19,23-24H,4-15,17,20-22,25-27H2,1-3H3. The molecule has 0 atom stereocenters. The Morgan fingerprint density at radius 1 is 0.533 bits per heavy atom. The van der Waals surface area contributed by atoms with Crippen LogP contribution in [0, 0.1) is 5.41 Å². The predicted molar refractivity (Wildman–Crippen MR) is 134 cm³/mol. The van der Waals surface area contributed by atoms with Crippen molar-refractivity contribution in [3.63, 3.8) is 0 Å². The van der Waals surface area contributed by atoms with Gasteiger partial charge < -0.3 is 4.74 Å². The number of hydrogen-bond acceptors (Lipinski definition) is 1. The first-order valence-electron chi connectivity index (χ1n) is 13.2. The van der Waals surface area contributed by atoms with Crippen molar-refractivity contribution in [2.24, 2.45) is 5.41 Å². The number of benzene rings is 1. The van der Waals surface area contributed by atoms with Gasteiger partial charge in [0.2, 0.25) is 0 Å². The summed E-state index contributed by atoms with van der Waals surface area (Å²) in [5.41, 5.74) is 1.95. The fraction of sp³-hybridized carbons (Fsp3) is 0.793. The van der Waals surface area contributed by atoms with Crippen LogP contribution in [0.5, 0.6) is 0 Å². The molecule has 0 saturated heterocycles. The third-order valence-corrected chi connectivity index (χ3v) is 6.06. The Bertz CT molecular complexity index is 459. The summed E-state index contributed by atoms with van der Waals surface area (Å²) in [5.74, 6) is 0. The summed E-state index contributed by atoms with van der Waals surface area (Å²) < 4.78 is 5.76. The molecule has 30 heavy (non-hydrogen) atoms. The molecule has 0 aliphatic rings. The highest BCUT2D eigenvalue weighted by Gasteiger charge is 2.08. The van der Waals surface area contributed by atoms with Gasteiger partial charge in [0, 0.05) is 13.2 Å². The van der Waals surface area contributed by atoms with Crippen molar-refractivity contribution >= 4 is 0 Å². The lowest BCUT2D eigenvalue weighted by molar-refractivity contribution is 0.118. The average molecular weight is 417 g/mol. The topological polar surface area (TPSA) is 9.23 Å². The maximum Gasteiger partial charge on any atom is 0.0466 e. The van der Waals surface area contributed by atoms with Crippen LogP contribution in [-0.4, -0.2) is 13.2 Å². The molecule has 0 aliphatic carbocycles. The molecule has 0 aromatic heterocycles. The number of rotatable bonds is 20. The zero-order valence-corrected chi connectivity index (χ0v) is 20.7. The minimum absolute atomic E-state index is 0.450. The third kappa shape index (κ3) is 19.2. The van der Waals surface area contributed by atoms with E-state index in [1.807, 2.05) is 0 Å². The van der Waals surface area contributed by atoms with Crippen LogP contribution in [0.3, 0.4) is 0 Å². The molecule has 0 unspecified atom stereocenters. The first-order valence-corrected chi connectivity index (χ1v) is 13.2. The van der Waals surface area contributed by atoms with Crippen LogP contribution in [0.4, 0.5) is 0 Å². The molecule has 0 saturated carbocycles. The Morgan fingerprint density at radius 2 is 0.967 bits per heavy atom. The Hall–Kier alpha value is -0.820. The summed E-state index contributed by atoms with van der Waals surface area (Å²) in [4.78, 5) is 0. The number of hydrogen-bond donors (Lipinski definition) is 0. The lowest BCUT2D eigenvalue weighted by Crippen LogP contribution is -2.07. The minimum Gasteiger partial charge on any atom is -0.381 e. The molecule has 0 radical (unpaired) electrons. The van der Waals surface area contributed by atoms with Crippen molar-refractivity contribution in [2.75, 3.05) is 13.2 Å². The quantitative estimate of drug-likeness (QED) is 0.192. The van der Waals surface area contributed by atoms with Gasteiger partial charge in [0.15, 0.2) is 0 Å². The monoisotopic (exact) mass is 416 g/mol. The Kier molecular flexibility index (Phi) is 17.2. The second-order valence-electron chi connectivity index (χ2n) is 10.5. The highest BCUT2D eigenvalue weighted by molar-refractivity contribution is 5.14. The molecule has 1 aromatic carbocycles. The molecule has 0 aliphatic heterocycles. The van der Waals surface area contributed by atoms with E-state index in [9.17, 15) is 0 Å². The van der Waals surface area contributed by atoms with E-state index in [4.69, 9.17) is 4.74 Å². The van der Waals surface area contributed by atoms with E-state index in [0.29, 0.717) is 5.41 Å². The molecule has 1 rings (SSSR count). The maximum atomic E-state index is 5.76. The lowest BCUT2D eigenvalue weighted by Gasteiger charge is -2.17. The van der Waals surface area contributed by atoms with Crippen LogP contribution in [-0.2, 0) is 11.2 Å². The van der Waals surface area contributed by atoms with Crippen LogP contribution in [0.2, 0.25) is 0 Å². The van der Waals surface area contributed by atoms with Gasteiger partial charge in [-0.2, -0.15) is 0 Å². The minimum atomic E-state index is 0.450.